The second-order valence-electron chi connectivity index (χ2n) is 8.96. The minimum Gasteiger partial charge on any atom is -0.442 e. The summed E-state index contributed by atoms with van der Waals surface area (Å²) in [6, 6.07) is 19.5. The molecule has 176 valence electrons. The van der Waals surface area contributed by atoms with Gasteiger partial charge in [0, 0.05) is 13.1 Å². The van der Waals surface area contributed by atoms with Crippen LogP contribution in [0.1, 0.15) is 31.8 Å². The van der Waals surface area contributed by atoms with Gasteiger partial charge in [-0.2, -0.15) is 0 Å². The highest BCUT2D eigenvalue weighted by atomic mass is 19.1. The van der Waals surface area contributed by atoms with Crippen LogP contribution in [-0.2, 0) is 17.7 Å². The summed E-state index contributed by atoms with van der Waals surface area (Å²) in [6.45, 7) is 1.40. The fourth-order valence-electron chi connectivity index (χ4n) is 5.06. The lowest BCUT2D eigenvalue weighted by molar-refractivity contribution is 0.0558. The number of halogens is 1. The molecule has 6 rings (SSSR count). The number of anilines is 2. The van der Waals surface area contributed by atoms with Crippen LogP contribution in [0.3, 0.4) is 0 Å². The maximum absolute atomic E-state index is 15.2. The number of imide groups is 1. The van der Waals surface area contributed by atoms with Crippen LogP contribution in [0.2, 0.25) is 0 Å². The van der Waals surface area contributed by atoms with E-state index in [0.29, 0.717) is 35.6 Å². The normalized spacial score (nSPS) is 19.2. The highest BCUT2D eigenvalue weighted by Crippen LogP contribution is 2.31. The molecule has 3 aromatic carbocycles. The molecule has 1 saturated heterocycles. The number of carbonyl (C=O) groups excluding carboxylic acids is 3. The molecule has 0 aromatic heterocycles. The predicted octanol–water partition coefficient (Wildman–Crippen LogP) is 4.01. The molecule has 0 aliphatic carbocycles. The highest BCUT2D eigenvalue weighted by molar-refractivity contribution is 6.21. The lowest BCUT2D eigenvalue weighted by Crippen LogP contribution is -2.38. The van der Waals surface area contributed by atoms with E-state index in [0.717, 1.165) is 11.3 Å². The molecule has 1 unspecified atom stereocenters. The number of rotatable bonds is 4. The van der Waals surface area contributed by atoms with Gasteiger partial charge in [-0.25, -0.2) is 9.18 Å². The third-order valence-corrected chi connectivity index (χ3v) is 6.85. The molecule has 1 fully saturated rings. The molecule has 0 spiro atoms. The maximum Gasteiger partial charge on any atom is 0.414 e. The maximum atomic E-state index is 15.2. The van der Waals surface area contributed by atoms with Crippen LogP contribution < -0.4 is 9.80 Å². The molecule has 3 aromatic rings. The number of nitrogens with zero attached hydrogens (tertiary/aromatic N) is 3. The van der Waals surface area contributed by atoms with Crippen molar-refractivity contribution in [2.75, 3.05) is 29.4 Å². The Morgan fingerprint density at radius 3 is 2.29 bits per heavy atom. The zero-order valence-corrected chi connectivity index (χ0v) is 18.8. The Balaban J connectivity index is 1.16. The standard InChI is InChI=1S/C27H22FN3O4/c28-23-13-19(9-10-24(23)29-12-11-17-5-1-2-6-18(17)14-29)30-15-20(35-27(30)34)16-31-25(32)21-7-3-4-8-22(21)26(31)33/h1-10,13,20H,11-12,14-16H2. The molecule has 0 radical (unpaired) electrons. The van der Waals surface area contributed by atoms with Gasteiger partial charge in [-0.15, -0.1) is 0 Å². The van der Waals surface area contributed by atoms with E-state index in [1.54, 1.807) is 36.4 Å². The molecule has 3 aliphatic rings. The average molecular weight is 471 g/mol. The third-order valence-electron chi connectivity index (χ3n) is 6.85. The van der Waals surface area contributed by atoms with E-state index in [4.69, 9.17) is 4.74 Å². The first kappa shape index (κ1) is 21.3. The lowest BCUT2D eigenvalue weighted by Gasteiger charge is -2.31. The van der Waals surface area contributed by atoms with Crippen LogP contribution in [0.4, 0.5) is 20.6 Å². The van der Waals surface area contributed by atoms with Crippen molar-refractivity contribution in [1.82, 2.24) is 4.90 Å². The molecule has 0 saturated carbocycles. The Morgan fingerprint density at radius 2 is 1.57 bits per heavy atom. The Morgan fingerprint density at radius 1 is 0.886 bits per heavy atom. The summed E-state index contributed by atoms with van der Waals surface area (Å²) in [7, 11) is 0. The minimum atomic E-state index is -0.703. The van der Waals surface area contributed by atoms with Crippen molar-refractivity contribution in [3.8, 4) is 0 Å². The van der Waals surface area contributed by atoms with Crippen LogP contribution in [0.25, 0.3) is 0 Å². The summed E-state index contributed by atoms with van der Waals surface area (Å²) >= 11 is 0. The first-order valence-electron chi connectivity index (χ1n) is 11.5. The number of hydrogen-bond acceptors (Lipinski definition) is 5. The molecule has 3 aliphatic heterocycles. The van der Waals surface area contributed by atoms with Crippen molar-refractivity contribution >= 4 is 29.3 Å². The van der Waals surface area contributed by atoms with Crippen LogP contribution in [0.15, 0.2) is 66.7 Å². The molecule has 3 heterocycles. The van der Waals surface area contributed by atoms with E-state index in [1.165, 1.54) is 22.1 Å². The van der Waals surface area contributed by atoms with E-state index < -0.39 is 29.8 Å². The van der Waals surface area contributed by atoms with Crippen LogP contribution in [0, 0.1) is 5.82 Å². The SMILES string of the molecule is O=C1c2ccccc2C(=O)N1CC1CN(c2ccc(N3CCc4ccccc4C3)c(F)c2)C(=O)O1. The molecule has 35 heavy (non-hydrogen) atoms. The van der Waals surface area contributed by atoms with Gasteiger partial charge in [0.15, 0.2) is 0 Å². The van der Waals surface area contributed by atoms with Gasteiger partial charge in [0.1, 0.15) is 11.9 Å². The number of benzene rings is 3. The van der Waals surface area contributed by atoms with Crippen molar-refractivity contribution in [2.24, 2.45) is 0 Å². The van der Waals surface area contributed by atoms with Crippen LogP contribution in [-0.4, -0.2) is 48.5 Å². The van der Waals surface area contributed by atoms with Gasteiger partial charge in [-0.1, -0.05) is 36.4 Å². The number of hydrogen-bond donors (Lipinski definition) is 0. The molecule has 3 amide bonds. The predicted molar refractivity (Wildman–Crippen MR) is 127 cm³/mol. The van der Waals surface area contributed by atoms with Gasteiger partial charge in [0.2, 0.25) is 0 Å². The lowest BCUT2D eigenvalue weighted by atomic mass is 9.99. The summed E-state index contributed by atoms with van der Waals surface area (Å²) in [5.74, 6) is -1.23. The summed E-state index contributed by atoms with van der Waals surface area (Å²) in [4.78, 5) is 42.3. The second-order valence-corrected chi connectivity index (χ2v) is 8.96. The first-order valence-corrected chi connectivity index (χ1v) is 11.5. The number of carbonyl (C=O) groups is 3. The van der Waals surface area contributed by atoms with Crippen molar-refractivity contribution < 1.29 is 23.5 Å². The molecule has 1 atom stereocenters. The van der Waals surface area contributed by atoms with Gasteiger partial charge in [-0.05, 0) is 47.9 Å². The highest BCUT2D eigenvalue weighted by Gasteiger charge is 2.40. The topological polar surface area (TPSA) is 70.2 Å². The van der Waals surface area contributed by atoms with E-state index in [-0.39, 0.29) is 13.1 Å². The Hall–Kier alpha value is -4.20. The molecule has 0 bridgehead atoms. The van der Waals surface area contributed by atoms with E-state index in [2.05, 4.69) is 12.1 Å². The van der Waals surface area contributed by atoms with Gasteiger partial charge in [-0.3, -0.25) is 19.4 Å². The number of amides is 3. The first-order chi connectivity index (χ1) is 17.0. The molecule has 7 nitrogen and oxygen atoms in total. The second kappa shape index (κ2) is 8.23. The fourth-order valence-corrected chi connectivity index (χ4v) is 5.06. The van der Waals surface area contributed by atoms with E-state index >= 15 is 4.39 Å². The van der Waals surface area contributed by atoms with Crippen LogP contribution >= 0.6 is 0 Å². The van der Waals surface area contributed by atoms with Crippen molar-refractivity contribution in [3.63, 3.8) is 0 Å². The number of fused-ring (bicyclic) bond motifs is 2. The fraction of sp³-hybridized carbons (Fsp3) is 0.222. The Kier molecular flexibility index (Phi) is 5.02. The van der Waals surface area contributed by atoms with Gasteiger partial charge in [0.05, 0.1) is 35.6 Å². The Labute approximate surface area is 201 Å². The largest absolute Gasteiger partial charge is 0.442 e. The van der Waals surface area contributed by atoms with Crippen LogP contribution in [0.5, 0.6) is 0 Å². The average Bonchev–Trinajstić information content (AvgIpc) is 3.36. The third kappa shape index (κ3) is 3.62. The van der Waals surface area contributed by atoms with Gasteiger partial charge >= 0.3 is 6.09 Å². The van der Waals surface area contributed by atoms with E-state index in [1.807, 2.05) is 17.0 Å². The van der Waals surface area contributed by atoms with Crippen molar-refractivity contribution in [3.05, 3.63) is 94.8 Å². The smallest absolute Gasteiger partial charge is 0.414 e. The quantitative estimate of drug-likeness (QED) is 0.538. The minimum absolute atomic E-state index is 0.0532. The summed E-state index contributed by atoms with van der Waals surface area (Å²) in [5.41, 5.74) is 4.01. The molecule has 8 heteroatoms. The molecular formula is C27H22FN3O4. The zero-order chi connectivity index (χ0) is 24.1. The zero-order valence-electron chi connectivity index (χ0n) is 18.8. The summed E-state index contributed by atoms with van der Waals surface area (Å²) in [5, 5.41) is 0. The Bertz CT molecular complexity index is 1340. The monoisotopic (exact) mass is 471 g/mol. The van der Waals surface area contributed by atoms with E-state index in [9.17, 15) is 14.4 Å². The number of ether oxygens (including phenoxy) is 1. The molecule has 0 N–H and O–H groups in total. The van der Waals surface area contributed by atoms with Gasteiger partial charge < -0.3 is 9.64 Å². The van der Waals surface area contributed by atoms with Crippen molar-refractivity contribution in [2.45, 2.75) is 19.1 Å². The van der Waals surface area contributed by atoms with Crippen molar-refractivity contribution in [1.29, 1.82) is 0 Å². The summed E-state index contributed by atoms with van der Waals surface area (Å²) < 4.78 is 20.6. The summed E-state index contributed by atoms with van der Waals surface area (Å²) in [6.07, 6.45) is -0.494. The number of cyclic esters (lactones) is 1. The van der Waals surface area contributed by atoms with Gasteiger partial charge in [0.25, 0.3) is 11.8 Å². The molecular weight excluding hydrogens is 449 g/mol.